The summed E-state index contributed by atoms with van der Waals surface area (Å²) in [6.45, 7) is 2.50. The van der Waals surface area contributed by atoms with Gasteiger partial charge in [-0.2, -0.15) is 0 Å². The molecule has 5 heteroatoms. The summed E-state index contributed by atoms with van der Waals surface area (Å²) in [6, 6.07) is 9.93. The van der Waals surface area contributed by atoms with Crippen LogP contribution in [0.1, 0.15) is 23.8 Å². The van der Waals surface area contributed by atoms with Crippen molar-refractivity contribution in [1.82, 2.24) is 15.5 Å². The first-order chi connectivity index (χ1) is 9.65. The Morgan fingerprint density at radius 2 is 2.00 bits per heavy atom. The third-order valence-electron chi connectivity index (χ3n) is 3.66. The van der Waals surface area contributed by atoms with E-state index in [0.29, 0.717) is 6.54 Å². The van der Waals surface area contributed by atoms with Gasteiger partial charge in [0, 0.05) is 12.6 Å². The molecular weight excluding hydrogens is 274 g/mol. The number of urea groups is 1. The minimum Gasteiger partial charge on any atom is -0.336 e. The maximum Gasteiger partial charge on any atom is 0.315 e. The third-order valence-corrected chi connectivity index (χ3v) is 4.06. The van der Waals surface area contributed by atoms with Crippen molar-refractivity contribution in [2.75, 3.05) is 26.7 Å². The van der Waals surface area contributed by atoms with Crippen molar-refractivity contribution in [3.63, 3.8) is 0 Å². The standard InChI is InChI=1S/C15H22ClN3O/c1-19-9-7-13(8-10-19)18-15(20)17-11-14(16)12-5-3-2-4-6-12/h2-6,13-14H,7-11H2,1H3,(H2,17,18,20). The Hall–Kier alpha value is -1.26. The van der Waals surface area contributed by atoms with Crippen LogP contribution >= 0.6 is 11.6 Å². The second-order valence-electron chi connectivity index (χ2n) is 5.31. The molecule has 110 valence electrons. The van der Waals surface area contributed by atoms with E-state index in [-0.39, 0.29) is 17.5 Å². The van der Waals surface area contributed by atoms with E-state index in [9.17, 15) is 4.79 Å². The van der Waals surface area contributed by atoms with Gasteiger partial charge in [0.15, 0.2) is 0 Å². The zero-order valence-corrected chi connectivity index (χ0v) is 12.6. The van der Waals surface area contributed by atoms with Gasteiger partial charge in [0.05, 0.1) is 5.38 Å². The number of hydrogen-bond donors (Lipinski definition) is 2. The summed E-state index contributed by atoms with van der Waals surface area (Å²) in [6.07, 6.45) is 2.01. The Bertz CT molecular complexity index is 418. The number of rotatable bonds is 4. The minimum absolute atomic E-state index is 0.124. The van der Waals surface area contributed by atoms with Gasteiger partial charge in [-0.1, -0.05) is 30.3 Å². The summed E-state index contributed by atoms with van der Waals surface area (Å²) < 4.78 is 0. The van der Waals surface area contributed by atoms with Crippen molar-refractivity contribution in [2.24, 2.45) is 0 Å². The Morgan fingerprint density at radius 1 is 1.35 bits per heavy atom. The summed E-state index contributed by atoms with van der Waals surface area (Å²) >= 11 is 6.26. The van der Waals surface area contributed by atoms with Gasteiger partial charge in [0.2, 0.25) is 0 Å². The molecule has 1 heterocycles. The van der Waals surface area contributed by atoms with Crippen LogP contribution in [0.4, 0.5) is 4.79 Å². The highest BCUT2D eigenvalue weighted by Gasteiger charge is 2.18. The number of nitrogens with zero attached hydrogens (tertiary/aromatic N) is 1. The largest absolute Gasteiger partial charge is 0.336 e. The second-order valence-corrected chi connectivity index (χ2v) is 5.84. The van der Waals surface area contributed by atoms with E-state index in [1.807, 2.05) is 30.3 Å². The fourth-order valence-electron chi connectivity index (χ4n) is 2.35. The highest BCUT2D eigenvalue weighted by atomic mass is 35.5. The van der Waals surface area contributed by atoms with Crippen LogP contribution in [0, 0.1) is 0 Å². The highest BCUT2D eigenvalue weighted by molar-refractivity contribution is 6.21. The highest BCUT2D eigenvalue weighted by Crippen LogP contribution is 2.18. The van der Waals surface area contributed by atoms with Gasteiger partial charge in [0.1, 0.15) is 0 Å². The molecule has 20 heavy (non-hydrogen) atoms. The number of hydrogen-bond acceptors (Lipinski definition) is 2. The predicted molar refractivity (Wildman–Crippen MR) is 82.1 cm³/mol. The van der Waals surface area contributed by atoms with Crippen LogP contribution in [0.15, 0.2) is 30.3 Å². The van der Waals surface area contributed by atoms with Gasteiger partial charge in [-0.05, 0) is 38.5 Å². The molecule has 1 aliphatic heterocycles. The SMILES string of the molecule is CN1CCC(NC(=O)NCC(Cl)c2ccccc2)CC1. The fraction of sp³-hybridized carbons (Fsp3) is 0.533. The molecule has 2 amide bonds. The molecule has 0 saturated carbocycles. The van der Waals surface area contributed by atoms with Crippen LogP contribution < -0.4 is 10.6 Å². The second kappa shape index (κ2) is 7.50. The number of likely N-dealkylation sites (tertiary alicyclic amines) is 1. The van der Waals surface area contributed by atoms with E-state index in [0.717, 1.165) is 31.5 Å². The third kappa shape index (κ3) is 4.69. The zero-order chi connectivity index (χ0) is 14.4. The molecule has 0 aliphatic carbocycles. The van der Waals surface area contributed by atoms with Crippen LogP contribution in [0.3, 0.4) is 0 Å². The minimum atomic E-state index is -0.195. The molecule has 0 radical (unpaired) electrons. The Morgan fingerprint density at radius 3 is 2.65 bits per heavy atom. The first-order valence-electron chi connectivity index (χ1n) is 7.07. The molecule has 1 saturated heterocycles. The molecule has 4 nitrogen and oxygen atoms in total. The molecule has 0 bridgehead atoms. The van der Waals surface area contributed by atoms with E-state index >= 15 is 0 Å². The lowest BCUT2D eigenvalue weighted by Crippen LogP contribution is -2.47. The van der Waals surface area contributed by atoms with Crippen molar-refractivity contribution in [3.05, 3.63) is 35.9 Å². The van der Waals surface area contributed by atoms with Crippen LogP contribution in [0.2, 0.25) is 0 Å². The van der Waals surface area contributed by atoms with Gasteiger partial charge >= 0.3 is 6.03 Å². The Labute approximate surface area is 125 Å². The van der Waals surface area contributed by atoms with Crippen molar-refractivity contribution in [1.29, 1.82) is 0 Å². The first-order valence-corrected chi connectivity index (χ1v) is 7.50. The smallest absolute Gasteiger partial charge is 0.315 e. The van der Waals surface area contributed by atoms with Gasteiger partial charge in [-0.25, -0.2) is 4.79 Å². The van der Waals surface area contributed by atoms with E-state index in [2.05, 4.69) is 22.6 Å². The molecule has 1 aromatic carbocycles. The number of carbonyl (C=O) groups excluding carboxylic acids is 1. The average molecular weight is 296 g/mol. The summed E-state index contributed by atoms with van der Waals surface area (Å²) in [5.74, 6) is 0. The Balaban J connectivity index is 1.70. The van der Waals surface area contributed by atoms with E-state index in [1.54, 1.807) is 0 Å². The fourth-order valence-corrected chi connectivity index (χ4v) is 2.57. The average Bonchev–Trinajstić information content (AvgIpc) is 2.48. The predicted octanol–water partition coefficient (Wildman–Crippen LogP) is 2.36. The van der Waals surface area contributed by atoms with Gasteiger partial charge in [0.25, 0.3) is 0 Å². The number of piperidine rings is 1. The van der Waals surface area contributed by atoms with Crippen molar-refractivity contribution in [2.45, 2.75) is 24.3 Å². The summed E-state index contributed by atoms with van der Waals surface area (Å²) in [4.78, 5) is 14.1. The monoisotopic (exact) mass is 295 g/mol. The molecule has 1 aromatic rings. The van der Waals surface area contributed by atoms with Gasteiger partial charge in [-0.15, -0.1) is 11.6 Å². The van der Waals surface area contributed by atoms with Crippen LogP contribution in [-0.2, 0) is 0 Å². The van der Waals surface area contributed by atoms with Gasteiger partial charge in [-0.3, -0.25) is 0 Å². The van der Waals surface area contributed by atoms with E-state index in [4.69, 9.17) is 11.6 Å². The van der Waals surface area contributed by atoms with Crippen molar-refractivity contribution < 1.29 is 4.79 Å². The van der Waals surface area contributed by atoms with E-state index < -0.39 is 0 Å². The molecule has 0 spiro atoms. The molecular formula is C15H22ClN3O. The lowest BCUT2D eigenvalue weighted by molar-refractivity contribution is 0.214. The number of alkyl halides is 1. The number of carbonyl (C=O) groups is 1. The molecule has 1 atom stereocenters. The molecule has 2 rings (SSSR count). The number of benzene rings is 1. The van der Waals surface area contributed by atoms with E-state index in [1.165, 1.54) is 0 Å². The Kier molecular flexibility index (Phi) is 5.68. The molecule has 1 aliphatic rings. The summed E-state index contributed by atoms with van der Waals surface area (Å²) in [7, 11) is 2.11. The number of nitrogens with one attached hydrogen (secondary N) is 2. The maximum absolute atomic E-state index is 11.8. The maximum atomic E-state index is 11.8. The topological polar surface area (TPSA) is 44.4 Å². The van der Waals surface area contributed by atoms with Crippen molar-refractivity contribution >= 4 is 17.6 Å². The lowest BCUT2D eigenvalue weighted by atomic mass is 10.1. The van der Waals surface area contributed by atoms with Crippen LogP contribution in [-0.4, -0.2) is 43.7 Å². The number of halogens is 1. The molecule has 1 fully saturated rings. The summed E-state index contributed by atoms with van der Waals surface area (Å²) in [5.41, 5.74) is 1.02. The van der Waals surface area contributed by atoms with Gasteiger partial charge < -0.3 is 15.5 Å². The van der Waals surface area contributed by atoms with Crippen molar-refractivity contribution in [3.8, 4) is 0 Å². The zero-order valence-electron chi connectivity index (χ0n) is 11.8. The lowest BCUT2D eigenvalue weighted by Gasteiger charge is -2.29. The molecule has 2 N–H and O–H groups in total. The molecule has 1 unspecified atom stereocenters. The quantitative estimate of drug-likeness (QED) is 0.838. The molecule has 0 aromatic heterocycles. The first kappa shape index (κ1) is 15.1. The number of amides is 2. The van der Waals surface area contributed by atoms with Crippen LogP contribution in [0.25, 0.3) is 0 Å². The normalized spacial score (nSPS) is 18.5. The summed E-state index contributed by atoms with van der Waals surface area (Å²) in [5, 5.41) is 5.66. The van der Waals surface area contributed by atoms with Crippen LogP contribution in [0.5, 0.6) is 0 Å².